The van der Waals surface area contributed by atoms with E-state index in [1.807, 2.05) is 0 Å². The molecule has 0 spiro atoms. The minimum atomic E-state index is 0. The maximum atomic E-state index is 0. The second-order valence-corrected chi connectivity index (χ2v) is 0. The summed E-state index contributed by atoms with van der Waals surface area (Å²) in [6.45, 7) is 0. The summed E-state index contributed by atoms with van der Waals surface area (Å²) in [5, 5.41) is 0. The molecule has 46 radical (unpaired) electrons. The van der Waals surface area contributed by atoms with Gasteiger partial charge in [-0.05, 0) is 0 Å². The van der Waals surface area contributed by atoms with E-state index in [-0.39, 0.29) is 1500 Å². The summed E-state index contributed by atoms with van der Waals surface area (Å²) in [6.07, 6.45) is 0. The van der Waals surface area contributed by atoms with Crippen molar-refractivity contribution in [2.75, 3.05) is 0 Å². The van der Waals surface area contributed by atoms with Crippen molar-refractivity contribution in [3.05, 3.63) is 0 Å². The molecular formula is Y46. The van der Waals surface area contributed by atoms with E-state index in [1.54, 1.807) is 0 Å². The molecule has 0 aromatic heterocycles. The molecule has 0 atom stereocenters. The Kier molecular flexibility index (Phi) is 2500. The number of hydrogen-bond acceptors (Lipinski definition) is 0. The van der Waals surface area contributed by atoms with Crippen molar-refractivity contribution in [1.29, 1.82) is 0 Å². The smallest absolute Gasteiger partial charge is 0 e. The Bertz CT molecular complexity index is 0. The second kappa shape index (κ2) is 334. The first kappa shape index (κ1) is 344. The molecule has 138 valence electrons. The van der Waals surface area contributed by atoms with Crippen LogP contribution in [0, 0.1) is 0 Å². The molecule has 0 unspecified atom stereocenters. The molecule has 0 fully saturated rings. The first-order valence-corrected chi connectivity index (χ1v) is 0. The molecule has 0 bridgehead atoms. The van der Waals surface area contributed by atoms with Crippen molar-refractivity contribution in [2.45, 2.75) is 0 Å². The third kappa shape index (κ3) is 323. The maximum absolute atomic E-state index is 0. The van der Waals surface area contributed by atoms with E-state index >= 15 is 0 Å². The first-order chi connectivity index (χ1) is 0. The molecule has 0 amide bonds. The van der Waals surface area contributed by atoms with Crippen molar-refractivity contribution in [2.24, 2.45) is 0 Å². The van der Waals surface area contributed by atoms with Gasteiger partial charge in [0.05, 0.1) is 0 Å². The Hall–Kier alpha value is 50.8. The fraction of sp³-hybridized carbons (Fsp3) is 0. The molecule has 0 aliphatic carbocycles. The van der Waals surface area contributed by atoms with Crippen LogP contribution in [-0.2, 0) is 1500 Å². The van der Waals surface area contributed by atoms with E-state index in [2.05, 4.69) is 0 Å². The standard InChI is InChI=1S/46Y. The van der Waals surface area contributed by atoms with Gasteiger partial charge in [-0.25, -0.2) is 0 Å². The Balaban J connectivity index is 0. The van der Waals surface area contributed by atoms with Gasteiger partial charge in [-0.3, -0.25) is 0 Å². The van der Waals surface area contributed by atoms with Crippen molar-refractivity contribution in [3.63, 3.8) is 0 Å². The predicted octanol–water partition coefficient (Wildman–Crippen LogP) is -0.115. The van der Waals surface area contributed by atoms with Gasteiger partial charge in [0.1, 0.15) is 0 Å². The number of hydrogen-bond donors (Lipinski definition) is 0. The van der Waals surface area contributed by atoms with Gasteiger partial charge in [0.2, 0.25) is 0 Å². The fourth-order valence-electron chi connectivity index (χ4n) is 0. The molecule has 0 nitrogen and oxygen atoms in total. The fourth-order valence-corrected chi connectivity index (χ4v) is 0. The van der Waals surface area contributed by atoms with Crippen LogP contribution < -0.4 is 0 Å². The van der Waals surface area contributed by atoms with Gasteiger partial charge in [0.15, 0.2) is 0 Å². The van der Waals surface area contributed by atoms with Gasteiger partial charge in [-0.15, -0.1) is 0 Å². The largest absolute Gasteiger partial charge is 0 e. The Morgan fingerprint density at radius 2 is 0.0217 bits per heavy atom. The van der Waals surface area contributed by atoms with Crippen LogP contribution in [0.2, 0.25) is 0 Å². The van der Waals surface area contributed by atoms with Crippen LogP contribution in [0.15, 0.2) is 0 Å². The van der Waals surface area contributed by atoms with Crippen LogP contribution in [0.5, 0.6) is 0 Å². The van der Waals surface area contributed by atoms with E-state index in [1.165, 1.54) is 0 Å². The molecule has 0 aliphatic rings. The number of rotatable bonds is 0. The molecule has 0 rings (SSSR count). The summed E-state index contributed by atoms with van der Waals surface area (Å²) in [5.41, 5.74) is 0. The van der Waals surface area contributed by atoms with Gasteiger partial charge >= 0.3 is 0 Å². The molecule has 46 heteroatoms. The van der Waals surface area contributed by atoms with E-state index in [9.17, 15) is 0 Å². The summed E-state index contributed by atoms with van der Waals surface area (Å²) in [7, 11) is 0. The molecule has 0 saturated carbocycles. The van der Waals surface area contributed by atoms with E-state index in [0.29, 0.717) is 0 Å². The zero-order valence-electron chi connectivity index (χ0n) is 26.6. The monoisotopic (exact) mass is 4090 g/mol. The maximum Gasteiger partial charge on any atom is 0 e. The SMILES string of the molecule is [Y].[Y].[Y].[Y].[Y].[Y].[Y].[Y].[Y].[Y].[Y].[Y].[Y].[Y].[Y].[Y].[Y].[Y].[Y].[Y].[Y].[Y].[Y].[Y].[Y].[Y].[Y].[Y].[Y].[Y].[Y].[Y].[Y].[Y].[Y].[Y].[Y].[Y].[Y].[Y].[Y].[Y].[Y].[Y].[Y].[Y]. The molecule has 0 heterocycles. The summed E-state index contributed by atoms with van der Waals surface area (Å²) in [5.74, 6) is 0. The molecule has 0 saturated heterocycles. The summed E-state index contributed by atoms with van der Waals surface area (Å²) < 4.78 is 0. The predicted molar refractivity (Wildman–Crippen MR) is 0 cm³/mol. The van der Waals surface area contributed by atoms with Crippen LogP contribution in [0.3, 0.4) is 0 Å². The minimum absolute atomic E-state index is 0. The van der Waals surface area contributed by atoms with Crippen molar-refractivity contribution >= 4 is 0 Å². The Morgan fingerprint density at radius 1 is 0.0217 bits per heavy atom. The van der Waals surface area contributed by atoms with Crippen molar-refractivity contribution < 1.29 is 1500 Å². The van der Waals surface area contributed by atoms with E-state index < -0.39 is 0 Å². The first-order valence-electron chi connectivity index (χ1n) is 0. The van der Waals surface area contributed by atoms with Gasteiger partial charge < -0.3 is 0 Å². The molecular weight excluding hydrogens is 4090 g/mol. The van der Waals surface area contributed by atoms with Gasteiger partial charge in [-0.2, -0.15) is 0 Å². The second-order valence-electron chi connectivity index (χ2n) is 0. The summed E-state index contributed by atoms with van der Waals surface area (Å²) in [4.78, 5) is 0. The zero-order valence-corrected chi connectivity index (χ0v) is 157. The quantitative estimate of drug-likeness (QED) is 0.318. The average molecular weight is 4090 g/mol. The van der Waals surface area contributed by atoms with E-state index in [0.717, 1.165) is 0 Å². The molecule has 0 aromatic rings. The Morgan fingerprint density at radius 3 is 0.0217 bits per heavy atom. The van der Waals surface area contributed by atoms with Crippen LogP contribution >= 0.6 is 0 Å². The van der Waals surface area contributed by atoms with Crippen LogP contribution in [-0.4, -0.2) is 0 Å². The van der Waals surface area contributed by atoms with Crippen molar-refractivity contribution in [1.82, 2.24) is 0 Å². The summed E-state index contributed by atoms with van der Waals surface area (Å²) >= 11 is 0. The third-order valence-corrected chi connectivity index (χ3v) is 0. The Labute approximate surface area is 1450 Å². The van der Waals surface area contributed by atoms with Crippen LogP contribution in [0.4, 0.5) is 0 Å². The topological polar surface area (TPSA) is 0 Å². The minimum Gasteiger partial charge on any atom is 0 e. The third-order valence-electron chi connectivity index (χ3n) is 0. The molecule has 46 heavy (non-hydrogen) atoms. The molecule has 0 aromatic carbocycles. The molecule has 0 N–H and O–H groups in total. The normalized spacial score (nSPS) is 0. The van der Waals surface area contributed by atoms with E-state index in [4.69, 9.17) is 0 Å². The zero-order chi connectivity index (χ0) is 0. The average Bonchev–Trinajstić information content (AvgIpc) is 0. The van der Waals surface area contributed by atoms with Gasteiger partial charge in [0.25, 0.3) is 0 Å². The summed E-state index contributed by atoms with van der Waals surface area (Å²) in [6, 6.07) is 0. The van der Waals surface area contributed by atoms with Gasteiger partial charge in [-0.1, -0.05) is 0 Å². The van der Waals surface area contributed by atoms with Crippen molar-refractivity contribution in [3.8, 4) is 0 Å². The van der Waals surface area contributed by atoms with Crippen LogP contribution in [0.25, 0.3) is 0 Å². The van der Waals surface area contributed by atoms with Gasteiger partial charge in [0, 0.05) is 1500 Å². The molecule has 0 aliphatic heterocycles. The van der Waals surface area contributed by atoms with Crippen LogP contribution in [0.1, 0.15) is 0 Å².